The first-order valence-electron chi connectivity index (χ1n) is 5.99. The molecule has 92 valence electrons. The molecule has 3 nitrogen and oxygen atoms in total. The lowest BCUT2D eigenvalue weighted by Gasteiger charge is -2.02. The van der Waals surface area contributed by atoms with E-state index in [2.05, 4.69) is 47.3 Å². The van der Waals surface area contributed by atoms with Crippen molar-refractivity contribution in [1.82, 2.24) is 10.2 Å². The zero-order valence-electron chi connectivity index (χ0n) is 11.1. The van der Waals surface area contributed by atoms with Gasteiger partial charge in [0.1, 0.15) is 0 Å². The quantitative estimate of drug-likeness (QED) is 0.611. The normalized spacial score (nSPS) is 15.5. The van der Waals surface area contributed by atoms with E-state index in [1.807, 2.05) is 19.3 Å². The van der Waals surface area contributed by atoms with Gasteiger partial charge in [0.2, 0.25) is 0 Å². The number of nitrogens with zero attached hydrogens (tertiary/aromatic N) is 2. The summed E-state index contributed by atoms with van der Waals surface area (Å²) in [4.78, 5) is 4.16. The molecule has 0 bridgehead atoms. The molecule has 3 heteroatoms. The van der Waals surface area contributed by atoms with Crippen molar-refractivity contribution in [3.63, 3.8) is 0 Å². The van der Waals surface area contributed by atoms with Gasteiger partial charge in [0.25, 0.3) is 0 Å². The molecule has 0 aromatic carbocycles. The largest absolute Gasteiger partial charge is 0.293 e. The Hall–Kier alpha value is -1.64. The van der Waals surface area contributed by atoms with Crippen molar-refractivity contribution in [2.45, 2.75) is 27.2 Å². The highest BCUT2D eigenvalue weighted by atomic mass is 15.1. The van der Waals surface area contributed by atoms with Gasteiger partial charge in [0.15, 0.2) is 0 Å². The third-order valence-corrected chi connectivity index (χ3v) is 2.80. The summed E-state index contributed by atoms with van der Waals surface area (Å²) in [5.41, 5.74) is 3.24. The van der Waals surface area contributed by atoms with Crippen LogP contribution in [0, 0.1) is 5.92 Å². The van der Waals surface area contributed by atoms with Crippen molar-refractivity contribution in [3.05, 3.63) is 36.2 Å². The number of aromatic amines is 1. The van der Waals surface area contributed by atoms with E-state index in [1.165, 1.54) is 0 Å². The number of rotatable bonds is 5. The maximum Gasteiger partial charge on any atom is 0.0565 e. The summed E-state index contributed by atoms with van der Waals surface area (Å²) in [6, 6.07) is 0. The minimum absolute atomic E-state index is 0.587. The van der Waals surface area contributed by atoms with Gasteiger partial charge < -0.3 is 0 Å². The summed E-state index contributed by atoms with van der Waals surface area (Å²) in [6.45, 7) is 6.40. The fraction of sp³-hybridized carbons (Fsp3) is 0.429. The van der Waals surface area contributed by atoms with Gasteiger partial charge in [-0.2, -0.15) is 5.10 Å². The molecular formula is C14H21N3. The van der Waals surface area contributed by atoms with Gasteiger partial charge >= 0.3 is 0 Å². The van der Waals surface area contributed by atoms with Crippen LogP contribution in [-0.2, 0) is 0 Å². The highest BCUT2D eigenvalue weighted by molar-refractivity contribution is 6.00. The average molecular weight is 231 g/mol. The third kappa shape index (κ3) is 4.39. The summed E-state index contributed by atoms with van der Waals surface area (Å²) in [5.74, 6) is 0.587. The number of hydrogen-bond donors (Lipinski definition) is 1. The van der Waals surface area contributed by atoms with E-state index in [0.717, 1.165) is 23.3 Å². The van der Waals surface area contributed by atoms with Gasteiger partial charge in [0, 0.05) is 24.5 Å². The Kier molecular flexibility index (Phi) is 5.40. The van der Waals surface area contributed by atoms with Gasteiger partial charge in [-0.1, -0.05) is 32.4 Å². The molecular weight excluding hydrogens is 210 g/mol. The number of nitrogens with one attached hydrogen (secondary N) is 1. The SMILES string of the molecule is CCC(C)/C=C\C(=C/C(C)=NC)c1cn[nH]c1. The van der Waals surface area contributed by atoms with Gasteiger partial charge in [0.05, 0.1) is 6.20 Å². The van der Waals surface area contributed by atoms with E-state index >= 15 is 0 Å². The molecule has 17 heavy (non-hydrogen) atoms. The molecule has 1 unspecified atom stereocenters. The Labute approximate surface area is 103 Å². The molecule has 1 heterocycles. The van der Waals surface area contributed by atoms with Crippen LogP contribution in [0.25, 0.3) is 5.57 Å². The molecule has 0 radical (unpaired) electrons. The van der Waals surface area contributed by atoms with Crippen molar-refractivity contribution in [2.75, 3.05) is 7.05 Å². The van der Waals surface area contributed by atoms with Crippen molar-refractivity contribution in [2.24, 2.45) is 10.9 Å². The van der Waals surface area contributed by atoms with Crippen LogP contribution in [0.5, 0.6) is 0 Å². The molecule has 1 N–H and O–H groups in total. The average Bonchev–Trinajstić information content (AvgIpc) is 2.87. The van der Waals surface area contributed by atoms with Crippen molar-refractivity contribution >= 4 is 11.3 Å². The lowest BCUT2D eigenvalue weighted by molar-refractivity contribution is 0.698. The fourth-order valence-electron chi connectivity index (χ4n) is 1.33. The minimum atomic E-state index is 0.587. The second kappa shape index (κ2) is 6.84. The first-order chi connectivity index (χ1) is 8.17. The number of hydrogen-bond acceptors (Lipinski definition) is 2. The van der Waals surface area contributed by atoms with Crippen LogP contribution in [-0.4, -0.2) is 23.0 Å². The summed E-state index contributed by atoms with van der Waals surface area (Å²) < 4.78 is 0. The van der Waals surface area contributed by atoms with Crippen LogP contribution in [0.15, 0.2) is 35.6 Å². The molecule has 0 saturated carbocycles. The summed E-state index contributed by atoms with van der Waals surface area (Å²) in [6.07, 6.45) is 11.3. The molecule has 1 aromatic heterocycles. The number of allylic oxidation sites excluding steroid dienone is 4. The zero-order valence-corrected chi connectivity index (χ0v) is 11.1. The van der Waals surface area contributed by atoms with Gasteiger partial charge in [-0.25, -0.2) is 0 Å². The molecule has 0 spiro atoms. The Morgan fingerprint density at radius 2 is 2.35 bits per heavy atom. The monoisotopic (exact) mass is 231 g/mol. The van der Waals surface area contributed by atoms with Gasteiger partial charge in [-0.3, -0.25) is 10.1 Å². The Bertz CT molecular complexity index is 411. The minimum Gasteiger partial charge on any atom is -0.293 e. The Morgan fingerprint density at radius 3 is 2.88 bits per heavy atom. The van der Waals surface area contributed by atoms with Gasteiger partial charge in [-0.05, 0) is 24.5 Å². The second-order valence-electron chi connectivity index (χ2n) is 4.20. The fourth-order valence-corrected chi connectivity index (χ4v) is 1.33. The molecule has 1 rings (SSSR count). The van der Waals surface area contributed by atoms with Crippen LogP contribution in [0.4, 0.5) is 0 Å². The van der Waals surface area contributed by atoms with E-state index in [-0.39, 0.29) is 0 Å². The number of H-pyrrole nitrogens is 1. The Morgan fingerprint density at radius 1 is 1.59 bits per heavy atom. The van der Waals surface area contributed by atoms with Crippen LogP contribution < -0.4 is 0 Å². The topological polar surface area (TPSA) is 41.0 Å². The summed E-state index contributed by atoms with van der Waals surface area (Å²) in [5, 5.41) is 6.82. The van der Waals surface area contributed by atoms with Gasteiger partial charge in [-0.15, -0.1) is 0 Å². The predicted molar refractivity (Wildman–Crippen MR) is 74.2 cm³/mol. The molecule has 0 aliphatic carbocycles. The third-order valence-electron chi connectivity index (χ3n) is 2.80. The maximum absolute atomic E-state index is 4.16. The number of aliphatic imine (C=N–C) groups is 1. The highest BCUT2D eigenvalue weighted by Gasteiger charge is 2.00. The van der Waals surface area contributed by atoms with Crippen molar-refractivity contribution < 1.29 is 0 Å². The zero-order chi connectivity index (χ0) is 12.7. The van der Waals surface area contributed by atoms with Crippen LogP contribution in [0.2, 0.25) is 0 Å². The molecule has 1 atom stereocenters. The van der Waals surface area contributed by atoms with E-state index in [0.29, 0.717) is 5.92 Å². The first-order valence-corrected chi connectivity index (χ1v) is 5.99. The second-order valence-corrected chi connectivity index (χ2v) is 4.20. The maximum atomic E-state index is 4.16. The predicted octanol–water partition coefficient (Wildman–Crippen LogP) is 3.49. The molecule has 0 aliphatic rings. The van der Waals surface area contributed by atoms with E-state index in [9.17, 15) is 0 Å². The van der Waals surface area contributed by atoms with E-state index in [4.69, 9.17) is 0 Å². The lowest BCUT2D eigenvalue weighted by atomic mass is 10.0. The van der Waals surface area contributed by atoms with E-state index < -0.39 is 0 Å². The van der Waals surface area contributed by atoms with E-state index in [1.54, 1.807) is 7.05 Å². The van der Waals surface area contributed by atoms with Crippen LogP contribution in [0.1, 0.15) is 32.8 Å². The molecule has 0 aliphatic heterocycles. The molecule has 0 saturated heterocycles. The smallest absolute Gasteiger partial charge is 0.0565 e. The lowest BCUT2D eigenvalue weighted by Crippen LogP contribution is -1.89. The number of aromatic nitrogens is 2. The summed E-state index contributed by atoms with van der Waals surface area (Å²) in [7, 11) is 1.80. The molecule has 0 fully saturated rings. The van der Waals surface area contributed by atoms with Crippen LogP contribution >= 0.6 is 0 Å². The molecule has 0 amide bonds. The van der Waals surface area contributed by atoms with Crippen molar-refractivity contribution in [1.29, 1.82) is 0 Å². The highest BCUT2D eigenvalue weighted by Crippen LogP contribution is 2.16. The standard InChI is InChI=1S/C14H21N3/c1-5-11(2)6-7-13(8-12(3)15-4)14-9-16-17-10-14/h6-11H,5H2,1-4H3,(H,16,17)/b7-6-,13-8+,15-12?. The van der Waals surface area contributed by atoms with Crippen LogP contribution in [0.3, 0.4) is 0 Å². The first kappa shape index (κ1) is 13.4. The van der Waals surface area contributed by atoms with Crippen molar-refractivity contribution in [3.8, 4) is 0 Å². The summed E-state index contributed by atoms with van der Waals surface area (Å²) >= 11 is 0. The molecule has 1 aromatic rings. The Balaban J connectivity index is 2.96.